The van der Waals surface area contributed by atoms with Crippen molar-refractivity contribution in [1.29, 1.82) is 0 Å². The van der Waals surface area contributed by atoms with E-state index in [4.69, 9.17) is 37.0 Å². The highest BCUT2D eigenvalue weighted by atomic mass is 31.2. The number of esters is 4. The smallest absolute Gasteiger partial charge is 0.462 e. The minimum Gasteiger partial charge on any atom is -0.462 e. The molecule has 0 bridgehead atoms. The summed E-state index contributed by atoms with van der Waals surface area (Å²) in [7, 11) is -9.98. The van der Waals surface area contributed by atoms with E-state index in [9.17, 15) is 43.2 Å². The number of allylic oxidation sites excluding steroid dienone is 22. The molecule has 572 valence electrons. The summed E-state index contributed by atoms with van der Waals surface area (Å²) in [6.45, 7) is 4.48. The number of phosphoric ester groups is 2. The van der Waals surface area contributed by atoms with Crippen LogP contribution in [0.4, 0.5) is 0 Å². The number of aliphatic hydroxyl groups excluding tert-OH is 1. The Labute approximate surface area is 605 Å². The number of carbonyl (C=O) groups excluding carboxylic acids is 4. The quantitative estimate of drug-likeness (QED) is 0.0169. The summed E-state index contributed by atoms with van der Waals surface area (Å²) in [6, 6.07) is 0. The lowest BCUT2D eigenvalue weighted by Crippen LogP contribution is -2.30. The molecule has 0 aromatic rings. The van der Waals surface area contributed by atoms with Crippen LogP contribution in [-0.4, -0.2) is 96.7 Å². The molecule has 0 saturated heterocycles. The third kappa shape index (κ3) is 71.6. The Morgan fingerprint density at radius 1 is 0.290 bits per heavy atom. The lowest BCUT2D eigenvalue weighted by molar-refractivity contribution is -0.161. The fourth-order valence-electron chi connectivity index (χ4n) is 9.80. The summed E-state index contributed by atoms with van der Waals surface area (Å²) in [5.74, 6) is -2.27. The number of aliphatic hydroxyl groups is 1. The topological polar surface area (TPSA) is 237 Å². The van der Waals surface area contributed by atoms with E-state index >= 15 is 0 Å². The fourth-order valence-corrected chi connectivity index (χ4v) is 11.4. The molecule has 3 N–H and O–H groups in total. The zero-order valence-corrected chi connectivity index (χ0v) is 64.1. The molecule has 0 fully saturated rings. The molecule has 0 aromatic carbocycles. The van der Waals surface area contributed by atoms with Crippen molar-refractivity contribution in [3.8, 4) is 0 Å². The van der Waals surface area contributed by atoms with Gasteiger partial charge in [-0.05, 0) is 135 Å². The van der Waals surface area contributed by atoms with E-state index in [1.165, 1.54) is 51.4 Å². The molecule has 100 heavy (non-hydrogen) atoms. The second-order valence-electron chi connectivity index (χ2n) is 25.2. The first-order valence-corrected chi connectivity index (χ1v) is 41.4. The van der Waals surface area contributed by atoms with Gasteiger partial charge in [0.1, 0.15) is 19.3 Å². The van der Waals surface area contributed by atoms with E-state index < -0.39 is 97.5 Å². The van der Waals surface area contributed by atoms with Gasteiger partial charge in [0, 0.05) is 25.7 Å². The highest BCUT2D eigenvalue weighted by Gasteiger charge is 2.30. The van der Waals surface area contributed by atoms with Crippen molar-refractivity contribution in [2.45, 2.75) is 316 Å². The molecule has 0 spiro atoms. The molecule has 0 aliphatic heterocycles. The third-order valence-electron chi connectivity index (χ3n) is 15.6. The Hall–Kier alpha value is -4.80. The lowest BCUT2D eigenvalue weighted by Gasteiger charge is -2.21. The van der Waals surface area contributed by atoms with Crippen molar-refractivity contribution in [2.75, 3.05) is 39.6 Å². The predicted molar refractivity (Wildman–Crippen MR) is 408 cm³/mol. The highest BCUT2D eigenvalue weighted by molar-refractivity contribution is 7.47. The maximum Gasteiger partial charge on any atom is 0.472 e. The molecule has 5 unspecified atom stereocenters. The van der Waals surface area contributed by atoms with Crippen LogP contribution in [0.5, 0.6) is 0 Å². The van der Waals surface area contributed by atoms with Gasteiger partial charge in [0.2, 0.25) is 0 Å². The summed E-state index contributed by atoms with van der Waals surface area (Å²) < 4.78 is 68.4. The van der Waals surface area contributed by atoms with Crippen molar-refractivity contribution in [3.05, 3.63) is 134 Å². The Morgan fingerprint density at radius 2 is 0.540 bits per heavy atom. The molecule has 0 aromatic heterocycles. The summed E-state index contributed by atoms with van der Waals surface area (Å²) in [5, 5.41) is 10.6. The van der Waals surface area contributed by atoms with Crippen LogP contribution in [0.2, 0.25) is 0 Å². The second kappa shape index (κ2) is 72.5. The Kier molecular flexibility index (Phi) is 69.1. The fraction of sp³-hybridized carbons (Fsp3) is 0.679. The third-order valence-corrected chi connectivity index (χ3v) is 17.5. The molecule has 0 rings (SSSR count). The molecule has 0 aliphatic rings. The molecular weight excluding hydrogens is 1310 g/mol. The molecule has 19 heteroatoms. The van der Waals surface area contributed by atoms with Gasteiger partial charge in [-0.1, -0.05) is 271 Å². The van der Waals surface area contributed by atoms with E-state index in [-0.39, 0.29) is 25.7 Å². The van der Waals surface area contributed by atoms with Crippen LogP contribution in [0.3, 0.4) is 0 Å². The van der Waals surface area contributed by atoms with Crippen molar-refractivity contribution < 1.29 is 80.2 Å². The molecule has 0 heterocycles. The zero-order valence-electron chi connectivity index (χ0n) is 62.3. The maximum absolute atomic E-state index is 13.1. The van der Waals surface area contributed by atoms with Crippen molar-refractivity contribution in [1.82, 2.24) is 0 Å². The monoisotopic (exact) mass is 1440 g/mol. The molecule has 0 amide bonds. The van der Waals surface area contributed by atoms with Gasteiger partial charge in [-0.25, -0.2) is 9.13 Å². The van der Waals surface area contributed by atoms with Crippen molar-refractivity contribution in [3.63, 3.8) is 0 Å². The number of hydrogen-bond donors (Lipinski definition) is 3. The predicted octanol–water partition coefficient (Wildman–Crippen LogP) is 22.1. The van der Waals surface area contributed by atoms with Crippen LogP contribution in [0.15, 0.2) is 134 Å². The summed E-state index contributed by atoms with van der Waals surface area (Å²) in [4.78, 5) is 72.8. The molecular formula is C81H136O17P2. The van der Waals surface area contributed by atoms with Gasteiger partial charge in [0.15, 0.2) is 12.2 Å². The standard InChI is InChI=1S/C81H136O17P2/c1-5-9-13-17-21-25-29-33-35-36-37-38-40-44-46-50-54-58-62-66-79(84)92-72-77(98-81(86)68-64-60-56-52-48-42-32-28-24-20-16-12-8-4)74-96-100(89,90)94-70-75(82)69-93-99(87,88)95-73-76(97-80(85)67-63-59-55-51-47-41-31-27-23-19-15-11-7-3)71-91-78(83)65-61-57-53-49-45-43-39-34-30-26-22-18-14-10-6-2/h9-10,13-15,19,21-22,25-27,31,33-35,37-39,44-46,49,75-77,82H,5-8,11-12,16-18,20,23-24,28-30,32,36,40-43,47-48,50-74H2,1-4H3,(H,87,88)(H,89,90)/b13-9-,14-10-,19-15-,25-21-,26-22-,31-27-,35-33-,38-37-,39-34-,46-44-,49-45-. The van der Waals surface area contributed by atoms with E-state index in [0.29, 0.717) is 25.7 Å². The first kappa shape index (κ1) is 95.2. The SMILES string of the molecule is CC/C=C\C/C=C\C/C=C\C/C=C\C/C=C\CCCCCC(=O)OCC(COP(=O)(O)OCC(O)COP(=O)(O)OCC(COC(=O)CCCC/C=C\C/C=C\C/C=C\C/C=C\CC)OC(=O)CCCCCCC/C=C\C/C=C\CCC)OC(=O)CCCCCCCCCCCCCCC. The van der Waals surface area contributed by atoms with Crippen LogP contribution in [-0.2, 0) is 65.4 Å². The first-order valence-electron chi connectivity index (χ1n) is 38.4. The number of rotatable bonds is 71. The lowest BCUT2D eigenvalue weighted by atomic mass is 10.0. The number of carbonyl (C=O) groups is 4. The Balaban J connectivity index is 5.40. The zero-order chi connectivity index (χ0) is 73.2. The van der Waals surface area contributed by atoms with E-state index in [1.54, 1.807) is 0 Å². The molecule has 5 atom stereocenters. The summed E-state index contributed by atoms with van der Waals surface area (Å²) in [5.41, 5.74) is 0. The average Bonchev–Trinajstić information content (AvgIpc) is 0.935. The van der Waals surface area contributed by atoms with Crippen LogP contribution < -0.4 is 0 Å². The molecule has 0 aliphatic carbocycles. The van der Waals surface area contributed by atoms with Gasteiger partial charge in [-0.3, -0.25) is 37.3 Å². The summed E-state index contributed by atoms with van der Waals surface area (Å²) in [6.07, 6.45) is 80.2. The van der Waals surface area contributed by atoms with E-state index in [1.807, 2.05) is 0 Å². The molecule has 0 saturated carbocycles. The Bertz CT molecular complexity index is 2420. The minimum atomic E-state index is -4.99. The average molecular weight is 1440 g/mol. The van der Waals surface area contributed by atoms with Gasteiger partial charge in [0.05, 0.1) is 26.4 Å². The molecule has 17 nitrogen and oxygen atoms in total. The minimum absolute atomic E-state index is 0.0662. The van der Waals surface area contributed by atoms with E-state index in [2.05, 4.69) is 161 Å². The van der Waals surface area contributed by atoms with Gasteiger partial charge >= 0.3 is 39.5 Å². The Morgan fingerprint density at radius 3 is 0.870 bits per heavy atom. The second-order valence-corrected chi connectivity index (χ2v) is 28.1. The molecule has 0 radical (unpaired) electrons. The van der Waals surface area contributed by atoms with Gasteiger partial charge < -0.3 is 33.8 Å². The number of phosphoric acid groups is 2. The van der Waals surface area contributed by atoms with Crippen LogP contribution in [0.1, 0.15) is 297 Å². The number of hydrogen-bond acceptors (Lipinski definition) is 15. The highest BCUT2D eigenvalue weighted by Crippen LogP contribution is 2.45. The normalized spacial score (nSPS) is 14.7. The van der Waals surface area contributed by atoms with Gasteiger partial charge in [-0.2, -0.15) is 0 Å². The first-order chi connectivity index (χ1) is 48.7. The summed E-state index contributed by atoms with van der Waals surface area (Å²) >= 11 is 0. The van der Waals surface area contributed by atoms with Crippen molar-refractivity contribution >= 4 is 39.5 Å². The van der Waals surface area contributed by atoms with Crippen LogP contribution >= 0.6 is 15.6 Å². The van der Waals surface area contributed by atoms with Crippen LogP contribution in [0.25, 0.3) is 0 Å². The van der Waals surface area contributed by atoms with Crippen LogP contribution in [0, 0.1) is 0 Å². The number of ether oxygens (including phenoxy) is 4. The van der Waals surface area contributed by atoms with Gasteiger partial charge in [-0.15, -0.1) is 0 Å². The van der Waals surface area contributed by atoms with E-state index in [0.717, 1.165) is 167 Å². The number of unbranched alkanes of at least 4 members (excludes halogenated alkanes) is 23. The largest absolute Gasteiger partial charge is 0.472 e. The maximum atomic E-state index is 13.1. The van der Waals surface area contributed by atoms with Crippen molar-refractivity contribution in [2.24, 2.45) is 0 Å². The van der Waals surface area contributed by atoms with Gasteiger partial charge in [0.25, 0.3) is 0 Å².